The second kappa shape index (κ2) is 10.0. The van der Waals surface area contributed by atoms with E-state index in [1.165, 1.54) is 11.3 Å². The number of aryl methyl sites for hydroxylation is 2. The van der Waals surface area contributed by atoms with Gasteiger partial charge in [0, 0.05) is 18.7 Å². The summed E-state index contributed by atoms with van der Waals surface area (Å²) in [4.78, 5) is 22.6. The Balaban J connectivity index is 2.01. The average molecular weight is 426 g/mol. The second-order valence-electron chi connectivity index (χ2n) is 7.33. The Kier molecular flexibility index (Phi) is 7.45. The molecule has 0 aliphatic carbocycles. The molecule has 3 rings (SSSR count). The molecule has 0 saturated heterocycles. The van der Waals surface area contributed by atoms with Gasteiger partial charge in [0.25, 0.3) is 5.91 Å². The zero-order chi connectivity index (χ0) is 21.7. The number of aromatic nitrogens is 1. The van der Waals surface area contributed by atoms with Crippen molar-refractivity contribution < 1.29 is 9.53 Å². The van der Waals surface area contributed by atoms with Gasteiger partial charge in [0.2, 0.25) is 0 Å². The Morgan fingerprint density at radius 1 is 1.07 bits per heavy atom. The highest BCUT2D eigenvalue weighted by Gasteiger charge is 2.24. The number of carbonyl (C=O) groups excluding carboxylic acids is 1. The Hall–Kier alpha value is -2.44. The molecule has 0 aliphatic heterocycles. The van der Waals surface area contributed by atoms with Crippen LogP contribution in [0.1, 0.15) is 42.3 Å². The molecule has 0 spiro atoms. The number of benzene rings is 2. The maximum absolute atomic E-state index is 13.6. The van der Waals surface area contributed by atoms with E-state index in [1.54, 1.807) is 0 Å². The van der Waals surface area contributed by atoms with Crippen molar-refractivity contribution in [1.82, 2.24) is 9.88 Å². The molecule has 5 nitrogen and oxygen atoms in total. The molecule has 0 unspecified atom stereocenters. The molecule has 2 aromatic carbocycles. The largest absolute Gasteiger partial charge is 0.492 e. The Labute approximate surface area is 183 Å². The smallest absolute Gasteiger partial charge is 0.260 e. The fraction of sp³-hybridized carbons (Fsp3) is 0.417. The maximum Gasteiger partial charge on any atom is 0.260 e. The topological polar surface area (TPSA) is 45.7 Å². The van der Waals surface area contributed by atoms with Crippen molar-refractivity contribution in [3.63, 3.8) is 0 Å². The van der Waals surface area contributed by atoms with Gasteiger partial charge < -0.3 is 9.64 Å². The predicted molar refractivity (Wildman–Crippen MR) is 126 cm³/mol. The molecule has 0 fully saturated rings. The first kappa shape index (κ1) is 22.2. The van der Waals surface area contributed by atoms with Crippen LogP contribution in [0.15, 0.2) is 36.4 Å². The van der Waals surface area contributed by atoms with Crippen LogP contribution in [-0.4, -0.2) is 48.6 Å². The highest BCUT2D eigenvalue weighted by Crippen LogP contribution is 2.35. The molecular weight excluding hydrogens is 394 g/mol. The molecule has 30 heavy (non-hydrogen) atoms. The van der Waals surface area contributed by atoms with Crippen LogP contribution in [0.3, 0.4) is 0 Å². The van der Waals surface area contributed by atoms with Gasteiger partial charge in [0.15, 0.2) is 5.13 Å². The van der Waals surface area contributed by atoms with Gasteiger partial charge in [-0.2, -0.15) is 0 Å². The molecule has 0 radical (unpaired) electrons. The van der Waals surface area contributed by atoms with Crippen LogP contribution in [-0.2, 0) is 0 Å². The summed E-state index contributed by atoms with van der Waals surface area (Å²) in [7, 11) is 0. The Bertz CT molecular complexity index is 1010. The summed E-state index contributed by atoms with van der Waals surface area (Å²) in [5.74, 6) is 0.761. The van der Waals surface area contributed by atoms with Gasteiger partial charge >= 0.3 is 0 Å². The zero-order valence-electron chi connectivity index (χ0n) is 18.6. The lowest BCUT2D eigenvalue weighted by Crippen LogP contribution is -2.39. The number of para-hydroxylation sites is 1. The van der Waals surface area contributed by atoms with Gasteiger partial charge in [-0.1, -0.05) is 48.9 Å². The van der Waals surface area contributed by atoms with Crippen molar-refractivity contribution in [3.05, 3.63) is 53.1 Å². The first-order valence-corrected chi connectivity index (χ1v) is 11.4. The average Bonchev–Trinajstić information content (AvgIpc) is 3.16. The lowest BCUT2D eigenvalue weighted by Gasteiger charge is -2.25. The summed E-state index contributed by atoms with van der Waals surface area (Å²) in [5, 5.41) is 0.717. The first-order chi connectivity index (χ1) is 14.5. The van der Waals surface area contributed by atoms with Crippen molar-refractivity contribution >= 4 is 32.6 Å². The first-order valence-electron chi connectivity index (χ1n) is 10.6. The Morgan fingerprint density at radius 2 is 1.83 bits per heavy atom. The number of fused-ring (bicyclic) bond motifs is 1. The van der Waals surface area contributed by atoms with Gasteiger partial charge in [-0.15, -0.1) is 0 Å². The number of anilines is 1. The lowest BCUT2D eigenvalue weighted by molar-refractivity contribution is 0.0983. The van der Waals surface area contributed by atoms with Gasteiger partial charge in [-0.05, 0) is 57.6 Å². The van der Waals surface area contributed by atoms with Crippen LogP contribution >= 0.6 is 11.3 Å². The van der Waals surface area contributed by atoms with Crippen molar-refractivity contribution in [2.75, 3.05) is 37.7 Å². The third-order valence-electron chi connectivity index (χ3n) is 5.29. The van der Waals surface area contributed by atoms with E-state index < -0.39 is 0 Å². The Morgan fingerprint density at radius 3 is 2.50 bits per heavy atom. The number of thiazole rings is 1. The second-order valence-corrected chi connectivity index (χ2v) is 8.34. The number of ether oxygens (including phenoxy) is 1. The van der Waals surface area contributed by atoms with Gasteiger partial charge in [-0.25, -0.2) is 4.98 Å². The molecule has 1 aromatic heterocycles. The minimum atomic E-state index is -0.00308. The van der Waals surface area contributed by atoms with Gasteiger partial charge in [-0.3, -0.25) is 9.69 Å². The van der Waals surface area contributed by atoms with Crippen molar-refractivity contribution in [2.24, 2.45) is 0 Å². The van der Waals surface area contributed by atoms with Crippen LogP contribution in [0, 0.1) is 13.8 Å². The van der Waals surface area contributed by atoms with E-state index >= 15 is 0 Å². The molecule has 160 valence electrons. The molecule has 1 amide bonds. The molecule has 0 aliphatic rings. The van der Waals surface area contributed by atoms with Crippen LogP contribution in [0.25, 0.3) is 10.2 Å². The van der Waals surface area contributed by atoms with E-state index in [1.807, 2.05) is 56.0 Å². The van der Waals surface area contributed by atoms with E-state index in [2.05, 4.69) is 24.8 Å². The fourth-order valence-electron chi connectivity index (χ4n) is 3.56. The highest BCUT2D eigenvalue weighted by molar-refractivity contribution is 7.22. The van der Waals surface area contributed by atoms with Crippen molar-refractivity contribution in [2.45, 2.75) is 34.6 Å². The molecular formula is C24H31N3O2S. The van der Waals surface area contributed by atoms with Crippen molar-refractivity contribution in [1.29, 1.82) is 0 Å². The third kappa shape index (κ3) is 4.82. The molecule has 1 heterocycles. The highest BCUT2D eigenvalue weighted by atomic mass is 32.1. The SMILES string of the molecule is CCOc1cccc2sc(N(CCN(CC)CC)C(=O)c3ccc(C)cc3C)nc12. The summed E-state index contributed by atoms with van der Waals surface area (Å²) >= 11 is 1.54. The minimum Gasteiger partial charge on any atom is -0.492 e. The number of hydrogen-bond donors (Lipinski definition) is 0. The minimum absolute atomic E-state index is 0.00308. The number of likely N-dealkylation sites (N-methyl/N-ethyl adjacent to an activating group) is 1. The fourth-order valence-corrected chi connectivity index (χ4v) is 4.57. The summed E-state index contributed by atoms with van der Waals surface area (Å²) in [6.07, 6.45) is 0. The number of hydrogen-bond acceptors (Lipinski definition) is 5. The lowest BCUT2D eigenvalue weighted by atomic mass is 10.0. The third-order valence-corrected chi connectivity index (χ3v) is 6.34. The van der Waals surface area contributed by atoms with E-state index in [4.69, 9.17) is 9.72 Å². The molecule has 6 heteroatoms. The van der Waals surface area contributed by atoms with Crippen LogP contribution < -0.4 is 9.64 Å². The molecule has 0 bridgehead atoms. The number of nitrogens with zero attached hydrogens (tertiary/aromatic N) is 3. The summed E-state index contributed by atoms with van der Waals surface area (Å²) < 4.78 is 6.78. The quantitative estimate of drug-likeness (QED) is 0.467. The standard InChI is InChI=1S/C24H31N3O2S/c1-6-26(7-2)14-15-27(23(28)19-13-12-17(4)16-18(19)5)24-25-22-20(29-8-3)10-9-11-21(22)30-24/h9-13,16H,6-8,14-15H2,1-5H3. The summed E-state index contributed by atoms with van der Waals surface area (Å²) in [6.45, 7) is 14.2. The number of amides is 1. The summed E-state index contributed by atoms with van der Waals surface area (Å²) in [6, 6.07) is 11.9. The van der Waals surface area contributed by atoms with Gasteiger partial charge in [0.05, 0.1) is 11.3 Å². The predicted octanol–water partition coefficient (Wildman–Crippen LogP) is 5.30. The monoisotopic (exact) mass is 425 g/mol. The molecule has 0 atom stereocenters. The molecule has 0 saturated carbocycles. The normalized spacial score (nSPS) is 11.3. The van der Waals surface area contributed by atoms with Crippen LogP contribution in [0.2, 0.25) is 0 Å². The number of rotatable bonds is 9. The van der Waals surface area contributed by atoms with E-state index in [0.29, 0.717) is 18.3 Å². The summed E-state index contributed by atoms with van der Waals surface area (Å²) in [5.41, 5.74) is 3.69. The number of carbonyl (C=O) groups is 1. The van der Waals surface area contributed by atoms with Crippen LogP contribution in [0.4, 0.5) is 5.13 Å². The van der Waals surface area contributed by atoms with E-state index in [9.17, 15) is 4.79 Å². The van der Waals surface area contributed by atoms with Crippen LogP contribution in [0.5, 0.6) is 5.75 Å². The van der Waals surface area contributed by atoms with E-state index in [0.717, 1.165) is 52.3 Å². The van der Waals surface area contributed by atoms with Crippen molar-refractivity contribution in [3.8, 4) is 5.75 Å². The molecule has 0 N–H and O–H groups in total. The maximum atomic E-state index is 13.6. The molecule has 3 aromatic rings. The zero-order valence-corrected chi connectivity index (χ0v) is 19.4. The van der Waals surface area contributed by atoms with E-state index in [-0.39, 0.29) is 5.91 Å². The van der Waals surface area contributed by atoms with Gasteiger partial charge in [0.1, 0.15) is 11.3 Å².